The maximum Gasteiger partial charge on any atom is 0.0121 e. The second kappa shape index (κ2) is 5.53. The van der Waals surface area contributed by atoms with Crippen molar-refractivity contribution < 1.29 is 0 Å². The summed E-state index contributed by atoms with van der Waals surface area (Å²) in [5.74, 6) is 0. The molecule has 0 aromatic heterocycles. The number of hydrogen-bond acceptors (Lipinski definition) is 1. The van der Waals surface area contributed by atoms with Crippen LogP contribution in [0.4, 0.5) is 0 Å². The smallest absolute Gasteiger partial charge is 0.0121 e. The van der Waals surface area contributed by atoms with Crippen LogP contribution in [0.3, 0.4) is 0 Å². The minimum atomic E-state index is 0.544. The van der Waals surface area contributed by atoms with Crippen LogP contribution < -0.4 is 5.32 Å². The minimum absolute atomic E-state index is 0.544. The fourth-order valence-electron chi connectivity index (χ4n) is 3.54. The lowest BCUT2D eigenvalue weighted by Crippen LogP contribution is -2.44. The van der Waals surface area contributed by atoms with Crippen LogP contribution in [0.1, 0.15) is 78.1 Å². The molecule has 94 valence electrons. The van der Waals surface area contributed by atoms with Gasteiger partial charge < -0.3 is 5.32 Å². The number of nitrogens with one attached hydrogen (secondary N) is 1. The summed E-state index contributed by atoms with van der Waals surface area (Å²) in [7, 11) is 0. The van der Waals surface area contributed by atoms with Crippen LogP contribution in [0.5, 0.6) is 0 Å². The molecular formula is C15H29N. The van der Waals surface area contributed by atoms with E-state index in [1.165, 1.54) is 64.2 Å². The van der Waals surface area contributed by atoms with Crippen molar-refractivity contribution in [1.82, 2.24) is 5.32 Å². The summed E-state index contributed by atoms with van der Waals surface area (Å²) >= 11 is 0. The van der Waals surface area contributed by atoms with Gasteiger partial charge in [0.05, 0.1) is 0 Å². The van der Waals surface area contributed by atoms with E-state index < -0.39 is 0 Å². The van der Waals surface area contributed by atoms with Gasteiger partial charge in [0, 0.05) is 12.1 Å². The summed E-state index contributed by atoms with van der Waals surface area (Å²) in [6.45, 7) is 4.89. The van der Waals surface area contributed by atoms with Crippen LogP contribution in [-0.2, 0) is 0 Å². The highest BCUT2D eigenvalue weighted by molar-refractivity contribution is 4.92. The van der Waals surface area contributed by atoms with E-state index in [0.29, 0.717) is 5.41 Å². The summed E-state index contributed by atoms with van der Waals surface area (Å²) < 4.78 is 0. The molecule has 16 heavy (non-hydrogen) atoms. The molecule has 2 aliphatic rings. The molecule has 0 amide bonds. The molecule has 1 unspecified atom stereocenters. The second-order valence-electron chi connectivity index (χ2n) is 6.64. The second-order valence-corrected chi connectivity index (χ2v) is 6.64. The van der Waals surface area contributed by atoms with Crippen molar-refractivity contribution in [3.8, 4) is 0 Å². The Bertz CT molecular complexity index is 201. The zero-order chi connectivity index (χ0) is 11.4. The Morgan fingerprint density at radius 1 is 0.812 bits per heavy atom. The zero-order valence-electron chi connectivity index (χ0n) is 11.2. The van der Waals surface area contributed by atoms with Gasteiger partial charge in [-0.25, -0.2) is 0 Å². The van der Waals surface area contributed by atoms with Gasteiger partial charge in [0.1, 0.15) is 0 Å². The third-order valence-corrected chi connectivity index (χ3v) is 4.80. The maximum atomic E-state index is 3.98. The Balaban J connectivity index is 1.82. The molecule has 1 heteroatoms. The van der Waals surface area contributed by atoms with Crippen molar-refractivity contribution in [3.63, 3.8) is 0 Å². The van der Waals surface area contributed by atoms with Gasteiger partial charge in [-0.15, -0.1) is 0 Å². The molecule has 1 atom stereocenters. The fourth-order valence-corrected chi connectivity index (χ4v) is 3.54. The van der Waals surface area contributed by atoms with Crippen LogP contribution in [0, 0.1) is 5.41 Å². The molecule has 0 aromatic carbocycles. The van der Waals surface area contributed by atoms with Crippen LogP contribution in [-0.4, -0.2) is 12.1 Å². The van der Waals surface area contributed by atoms with Gasteiger partial charge in [-0.2, -0.15) is 0 Å². The topological polar surface area (TPSA) is 12.0 Å². The predicted octanol–water partition coefficient (Wildman–Crippen LogP) is 4.27. The van der Waals surface area contributed by atoms with Crippen molar-refractivity contribution in [2.24, 2.45) is 5.41 Å². The first-order chi connectivity index (χ1) is 7.68. The number of hydrogen-bond donors (Lipinski definition) is 1. The van der Waals surface area contributed by atoms with E-state index in [1.807, 2.05) is 0 Å². The largest absolute Gasteiger partial charge is 0.311 e. The van der Waals surface area contributed by atoms with Gasteiger partial charge >= 0.3 is 0 Å². The summed E-state index contributed by atoms with van der Waals surface area (Å²) in [6, 6.07) is 1.61. The van der Waals surface area contributed by atoms with E-state index in [0.717, 1.165) is 12.1 Å². The highest BCUT2D eigenvalue weighted by Crippen LogP contribution is 2.37. The lowest BCUT2D eigenvalue weighted by molar-refractivity contribution is 0.243. The maximum absolute atomic E-state index is 3.98. The van der Waals surface area contributed by atoms with Crippen molar-refractivity contribution in [2.75, 3.05) is 0 Å². The molecule has 2 aliphatic carbocycles. The first-order valence-corrected chi connectivity index (χ1v) is 7.44. The van der Waals surface area contributed by atoms with Gasteiger partial charge in [0.15, 0.2) is 0 Å². The molecule has 2 rings (SSSR count). The van der Waals surface area contributed by atoms with Crippen molar-refractivity contribution in [1.29, 1.82) is 0 Å². The van der Waals surface area contributed by atoms with Gasteiger partial charge in [-0.05, 0) is 31.1 Å². The molecule has 0 heterocycles. The van der Waals surface area contributed by atoms with Crippen LogP contribution in [0.15, 0.2) is 0 Å². The highest BCUT2D eigenvalue weighted by atomic mass is 15.0. The standard InChI is InChI=1S/C15H29N/c1-15(2)12-8-11-14(15)16-13-9-6-4-3-5-7-10-13/h13-14,16H,3-12H2,1-2H3. The van der Waals surface area contributed by atoms with E-state index in [4.69, 9.17) is 0 Å². The lowest BCUT2D eigenvalue weighted by Gasteiger charge is -2.33. The van der Waals surface area contributed by atoms with E-state index >= 15 is 0 Å². The summed E-state index contributed by atoms with van der Waals surface area (Å²) in [5, 5.41) is 3.98. The summed E-state index contributed by atoms with van der Waals surface area (Å²) in [5.41, 5.74) is 0.544. The van der Waals surface area contributed by atoms with Crippen molar-refractivity contribution in [2.45, 2.75) is 90.1 Å². The van der Waals surface area contributed by atoms with E-state index in [9.17, 15) is 0 Å². The molecule has 0 aromatic rings. The SMILES string of the molecule is CC1(C)CCCC1NC1CCCCCCC1. The molecule has 0 bridgehead atoms. The first-order valence-electron chi connectivity index (χ1n) is 7.44. The summed E-state index contributed by atoms with van der Waals surface area (Å²) in [6.07, 6.45) is 14.4. The van der Waals surface area contributed by atoms with Gasteiger partial charge in [0.2, 0.25) is 0 Å². The Hall–Kier alpha value is -0.0400. The normalized spacial score (nSPS) is 32.2. The molecule has 2 saturated carbocycles. The Labute approximate surface area is 101 Å². The molecule has 0 saturated heterocycles. The van der Waals surface area contributed by atoms with Crippen molar-refractivity contribution in [3.05, 3.63) is 0 Å². The minimum Gasteiger partial charge on any atom is -0.311 e. The molecule has 0 radical (unpaired) electrons. The Kier molecular flexibility index (Phi) is 4.29. The average Bonchev–Trinajstić information content (AvgIpc) is 2.50. The number of rotatable bonds is 2. The molecule has 2 fully saturated rings. The third kappa shape index (κ3) is 3.23. The average molecular weight is 223 g/mol. The third-order valence-electron chi connectivity index (χ3n) is 4.80. The molecule has 1 N–H and O–H groups in total. The zero-order valence-corrected chi connectivity index (χ0v) is 11.2. The van der Waals surface area contributed by atoms with Crippen molar-refractivity contribution >= 4 is 0 Å². The van der Waals surface area contributed by atoms with E-state index in [2.05, 4.69) is 19.2 Å². The Morgan fingerprint density at radius 2 is 1.44 bits per heavy atom. The van der Waals surface area contributed by atoms with Crippen LogP contribution in [0.25, 0.3) is 0 Å². The highest BCUT2D eigenvalue weighted by Gasteiger charge is 2.35. The Morgan fingerprint density at radius 3 is 2.00 bits per heavy atom. The molecular weight excluding hydrogens is 194 g/mol. The van der Waals surface area contributed by atoms with Gasteiger partial charge in [0.25, 0.3) is 0 Å². The van der Waals surface area contributed by atoms with Crippen LogP contribution >= 0.6 is 0 Å². The van der Waals surface area contributed by atoms with Gasteiger partial charge in [-0.3, -0.25) is 0 Å². The monoisotopic (exact) mass is 223 g/mol. The van der Waals surface area contributed by atoms with E-state index in [-0.39, 0.29) is 0 Å². The first kappa shape index (κ1) is 12.4. The van der Waals surface area contributed by atoms with E-state index in [1.54, 1.807) is 0 Å². The predicted molar refractivity (Wildman–Crippen MR) is 70.7 cm³/mol. The molecule has 0 aliphatic heterocycles. The summed E-state index contributed by atoms with van der Waals surface area (Å²) in [4.78, 5) is 0. The lowest BCUT2D eigenvalue weighted by atomic mass is 9.86. The quantitative estimate of drug-likeness (QED) is 0.737. The molecule has 1 nitrogen and oxygen atoms in total. The van der Waals surface area contributed by atoms with Gasteiger partial charge in [-0.1, -0.05) is 52.4 Å². The van der Waals surface area contributed by atoms with Crippen LogP contribution in [0.2, 0.25) is 0 Å². The molecule has 0 spiro atoms. The fraction of sp³-hybridized carbons (Fsp3) is 1.00.